The van der Waals surface area contributed by atoms with E-state index in [-0.39, 0.29) is 5.91 Å². The second-order valence-electron chi connectivity index (χ2n) is 4.71. The highest BCUT2D eigenvalue weighted by Crippen LogP contribution is 2.28. The first-order valence-corrected chi connectivity index (χ1v) is 7.03. The largest absolute Gasteiger partial charge is 0.493 e. The number of aromatic nitrogens is 2. The highest BCUT2D eigenvalue weighted by molar-refractivity contribution is 6.01. The van der Waals surface area contributed by atoms with Gasteiger partial charge in [-0.3, -0.25) is 9.48 Å². The van der Waals surface area contributed by atoms with Crippen LogP contribution in [0.15, 0.2) is 49.2 Å². The van der Waals surface area contributed by atoms with Crippen molar-refractivity contribution in [2.24, 2.45) is 7.05 Å². The van der Waals surface area contributed by atoms with Crippen molar-refractivity contribution in [3.05, 3.63) is 54.8 Å². The molecule has 120 valence electrons. The summed E-state index contributed by atoms with van der Waals surface area (Å²) in [7, 11) is 3.35. The highest BCUT2D eigenvalue weighted by atomic mass is 16.5. The van der Waals surface area contributed by atoms with Crippen molar-refractivity contribution < 1.29 is 14.3 Å². The summed E-state index contributed by atoms with van der Waals surface area (Å²) in [5.74, 6) is 1.48. The zero-order valence-corrected chi connectivity index (χ0v) is 13.2. The maximum absolute atomic E-state index is 11.8. The van der Waals surface area contributed by atoms with Gasteiger partial charge >= 0.3 is 0 Å². The van der Waals surface area contributed by atoms with Gasteiger partial charge in [0.2, 0.25) is 5.91 Å². The monoisotopic (exact) mass is 313 g/mol. The number of anilines is 1. The van der Waals surface area contributed by atoms with Crippen LogP contribution in [0.25, 0.3) is 6.08 Å². The minimum Gasteiger partial charge on any atom is -0.493 e. The van der Waals surface area contributed by atoms with E-state index in [1.165, 1.54) is 6.08 Å². The molecule has 0 saturated heterocycles. The Morgan fingerprint density at radius 1 is 1.39 bits per heavy atom. The molecule has 1 aromatic heterocycles. The van der Waals surface area contributed by atoms with Crippen molar-refractivity contribution in [2.75, 3.05) is 19.0 Å². The second kappa shape index (κ2) is 7.84. The molecule has 0 atom stereocenters. The van der Waals surface area contributed by atoms with Gasteiger partial charge in [0.05, 0.1) is 7.11 Å². The van der Waals surface area contributed by atoms with Crippen LogP contribution in [0.5, 0.6) is 11.5 Å². The molecule has 0 aliphatic carbocycles. The zero-order chi connectivity index (χ0) is 16.7. The molecular formula is C17H19N3O3. The van der Waals surface area contributed by atoms with Crippen LogP contribution < -0.4 is 14.8 Å². The third-order valence-corrected chi connectivity index (χ3v) is 2.94. The number of methoxy groups -OCH3 is 1. The molecule has 23 heavy (non-hydrogen) atoms. The molecule has 6 heteroatoms. The molecule has 0 saturated carbocycles. The van der Waals surface area contributed by atoms with E-state index in [1.807, 2.05) is 6.07 Å². The molecule has 2 aromatic rings. The van der Waals surface area contributed by atoms with Crippen molar-refractivity contribution in [1.29, 1.82) is 0 Å². The van der Waals surface area contributed by atoms with Gasteiger partial charge in [-0.25, -0.2) is 0 Å². The van der Waals surface area contributed by atoms with Crippen LogP contribution in [-0.4, -0.2) is 29.4 Å². The molecular weight excluding hydrogens is 294 g/mol. The van der Waals surface area contributed by atoms with Crippen LogP contribution in [0, 0.1) is 0 Å². The topological polar surface area (TPSA) is 65.4 Å². The Hall–Kier alpha value is -3.02. The van der Waals surface area contributed by atoms with Gasteiger partial charge in [0.25, 0.3) is 0 Å². The van der Waals surface area contributed by atoms with Gasteiger partial charge in [-0.15, -0.1) is 0 Å². The molecule has 0 aliphatic heterocycles. The molecule has 6 nitrogen and oxygen atoms in total. The van der Waals surface area contributed by atoms with Crippen LogP contribution in [0.2, 0.25) is 0 Å². The predicted molar refractivity (Wildman–Crippen MR) is 89.6 cm³/mol. The number of hydrogen-bond donors (Lipinski definition) is 1. The Labute approximate surface area is 135 Å². The number of aryl methyl sites for hydroxylation is 1. The first-order valence-electron chi connectivity index (χ1n) is 7.03. The number of ether oxygens (including phenoxy) is 2. The van der Waals surface area contributed by atoms with E-state index in [0.29, 0.717) is 23.9 Å². The standard InChI is InChI=1S/C17H19N3O3/c1-4-11-23-14-7-5-13(12-15(14)22-3)6-8-17(21)18-16-9-10-20(2)19-16/h4-10,12H,1,11H2,2-3H3,(H,18,19,21)/b8-6+. The summed E-state index contributed by atoms with van der Waals surface area (Å²) < 4.78 is 12.4. The van der Waals surface area contributed by atoms with Gasteiger partial charge in [-0.1, -0.05) is 18.7 Å². The first-order chi connectivity index (χ1) is 11.1. The lowest BCUT2D eigenvalue weighted by atomic mass is 10.2. The van der Waals surface area contributed by atoms with Crippen molar-refractivity contribution >= 4 is 17.8 Å². The predicted octanol–water partition coefficient (Wildman–Crippen LogP) is 2.65. The van der Waals surface area contributed by atoms with Crippen LogP contribution in [-0.2, 0) is 11.8 Å². The van der Waals surface area contributed by atoms with E-state index >= 15 is 0 Å². The molecule has 0 radical (unpaired) electrons. The molecule has 0 bridgehead atoms. The molecule has 0 spiro atoms. The van der Waals surface area contributed by atoms with Crippen LogP contribution >= 0.6 is 0 Å². The lowest BCUT2D eigenvalue weighted by Crippen LogP contribution is -2.08. The number of nitrogens with one attached hydrogen (secondary N) is 1. The van der Waals surface area contributed by atoms with E-state index in [4.69, 9.17) is 9.47 Å². The normalized spacial score (nSPS) is 10.5. The number of benzene rings is 1. The Kier molecular flexibility index (Phi) is 5.57. The Balaban J connectivity index is 2.03. The van der Waals surface area contributed by atoms with Gasteiger partial charge in [0, 0.05) is 25.4 Å². The number of amides is 1. The molecule has 0 unspecified atom stereocenters. The van der Waals surface area contributed by atoms with Crippen LogP contribution in [0.1, 0.15) is 5.56 Å². The van der Waals surface area contributed by atoms with E-state index in [2.05, 4.69) is 17.0 Å². The molecule has 1 amide bonds. The number of carbonyl (C=O) groups excluding carboxylic acids is 1. The van der Waals surface area contributed by atoms with Gasteiger partial charge in [0.15, 0.2) is 17.3 Å². The van der Waals surface area contributed by atoms with Crippen LogP contribution in [0.4, 0.5) is 5.82 Å². The van der Waals surface area contributed by atoms with Gasteiger partial charge in [-0.2, -0.15) is 5.10 Å². The van der Waals surface area contributed by atoms with E-state index in [1.54, 1.807) is 55.4 Å². The summed E-state index contributed by atoms with van der Waals surface area (Å²) in [6.45, 7) is 4.01. The summed E-state index contributed by atoms with van der Waals surface area (Å²) in [5, 5.41) is 6.76. The first kappa shape index (κ1) is 16.4. The third kappa shape index (κ3) is 4.74. The third-order valence-electron chi connectivity index (χ3n) is 2.94. The smallest absolute Gasteiger partial charge is 0.249 e. The fourth-order valence-electron chi connectivity index (χ4n) is 1.88. The SMILES string of the molecule is C=CCOc1ccc(/C=C/C(=O)Nc2ccn(C)n2)cc1OC. The van der Waals surface area contributed by atoms with Crippen molar-refractivity contribution in [3.8, 4) is 11.5 Å². The minimum atomic E-state index is -0.255. The number of rotatable bonds is 7. The van der Waals surface area contributed by atoms with E-state index in [9.17, 15) is 4.79 Å². The zero-order valence-electron chi connectivity index (χ0n) is 13.2. The van der Waals surface area contributed by atoms with Crippen LogP contribution in [0.3, 0.4) is 0 Å². The summed E-state index contributed by atoms with van der Waals surface area (Å²) in [4.78, 5) is 11.8. The van der Waals surface area contributed by atoms with Crippen molar-refractivity contribution in [3.63, 3.8) is 0 Å². The quantitative estimate of drug-likeness (QED) is 0.630. The molecule has 0 fully saturated rings. The summed E-state index contributed by atoms with van der Waals surface area (Å²) in [5.41, 5.74) is 0.823. The Morgan fingerprint density at radius 3 is 2.87 bits per heavy atom. The highest BCUT2D eigenvalue weighted by Gasteiger charge is 2.05. The maximum Gasteiger partial charge on any atom is 0.249 e. The summed E-state index contributed by atoms with van der Waals surface area (Å²) in [6, 6.07) is 7.15. The minimum absolute atomic E-state index is 0.255. The number of nitrogens with zero attached hydrogens (tertiary/aromatic N) is 2. The summed E-state index contributed by atoms with van der Waals surface area (Å²) in [6.07, 6.45) is 6.55. The van der Waals surface area contributed by atoms with Gasteiger partial charge < -0.3 is 14.8 Å². The average Bonchev–Trinajstić information content (AvgIpc) is 2.96. The maximum atomic E-state index is 11.8. The van der Waals surface area contributed by atoms with Crippen molar-refractivity contribution in [1.82, 2.24) is 9.78 Å². The number of carbonyl (C=O) groups is 1. The number of hydrogen-bond acceptors (Lipinski definition) is 4. The van der Waals surface area contributed by atoms with Gasteiger partial charge in [-0.05, 0) is 23.8 Å². The lowest BCUT2D eigenvalue weighted by Gasteiger charge is -2.09. The lowest BCUT2D eigenvalue weighted by molar-refractivity contribution is -0.111. The Bertz CT molecular complexity index is 720. The van der Waals surface area contributed by atoms with E-state index < -0.39 is 0 Å². The Morgan fingerprint density at radius 2 is 2.22 bits per heavy atom. The fraction of sp³-hybridized carbons (Fsp3) is 0.176. The summed E-state index contributed by atoms with van der Waals surface area (Å²) >= 11 is 0. The molecule has 1 heterocycles. The van der Waals surface area contributed by atoms with E-state index in [0.717, 1.165) is 5.56 Å². The molecule has 1 N–H and O–H groups in total. The second-order valence-corrected chi connectivity index (χ2v) is 4.71. The molecule has 2 rings (SSSR count). The van der Waals surface area contributed by atoms with Crippen molar-refractivity contribution in [2.45, 2.75) is 0 Å². The average molecular weight is 313 g/mol. The molecule has 0 aliphatic rings. The van der Waals surface area contributed by atoms with Gasteiger partial charge in [0.1, 0.15) is 6.61 Å². The molecule has 1 aromatic carbocycles. The fourth-order valence-corrected chi connectivity index (χ4v) is 1.88.